The molecular weight excluding hydrogens is 1450 g/mol. The highest BCUT2D eigenvalue weighted by molar-refractivity contribution is 6.00. The first-order valence-corrected chi connectivity index (χ1v) is 38.6. The summed E-state index contributed by atoms with van der Waals surface area (Å²) in [6, 6.07) is -11.4. The molecule has 0 fully saturated rings. The molecular formula is C73H127N23O16. The van der Waals surface area contributed by atoms with Gasteiger partial charge in [-0.3, -0.25) is 76.7 Å². The molecule has 0 unspecified atom stereocenters. The number of nitrogens with two attached hydrogens (primary N) is 7. The Morgan fingerprint density at radius 1 is 0.286 bits per heavy atom. The molecule has 0 radical (unpaired) electrons. The maximum Gasteiger partial charge on any atom is 0.243 e. The largest absolute Gasteiger partial charge is 0.368 e. The summed E-state index contributed by atoms with van der Waals surface area (Å²) in [5.41, 5.74) is 41.3. The third-order valence-electron chi connectivity index (χ3n) is 18.3. The van der Waals surface area contributed by atoms with Gasteiger partial charge in [0.2, 0.25) is 94.5 Å². The quantitative estimate of drug-likeness (QED) is 0.0275. The minimum Gasteiger partial charge on any atom is -0.368 e. The Hall–Kier alpha value is -9.96. The van der Waals surface area contributed by atoms with Crippen molar-refractivity contribution >= 4 is 105 Å². The lowest BCUT2D eigenvalue weighted by Gasteiger charge is -2.26. The fourth-order valence-corrected chi connectivity index (χ4v) is 11.4. The van der Waals surface area contributed by atoms with E-state index >= 15 is 0 Å². The summed E-state index contributed by atoms with van der Waals surface area (Å²) in [6.07, 6.45) is 7.59. The summed E-state index contributed by atoms with van der Waals surface area (Å²) in [4.78, 5) is 219. The van der Waals surface area contributed by atoms with Crippen LogP contribution < -0.4 is 120 Å². The second kappa shape index (κ2) is 53.1. The summed E-state index contributed by atoms with van der Waals surface area (Å²) < 4.78 is 0. The minimum absolute atomic E-state index is 0.0165. The van der Waals surface area contributed by atoms with Crippen molar-refractivity contribution in [2.24, 2.45) is 40.1 Å². The molecule has 16 amide bonds. The van der Waals surface area contributed by atoms with Crippen molar-refractivity contribution in [3.05, 3.63) is 36.0 Å². The number of amides is 16. The molecule has 0 bridgehead atoms. The van der Waals surface area contributed by atoms with E-state index in [1.54, 1.807) is 6.20 Å². The zero-order valence-corrected chi connectivity index (χ0v) is 66.3. The molecule has 39 heteroatoms. The van der Waals surface area contributed by atoms with E-state index in [-0.39, 0.29) is 71.1 Å². The molecule has 0 saturated heterocycles. The average molecular weight is 1580 g/mol. The number of aromatic amines is 1. The number of fused-ring (bicyclic) bond motifs is 1. The summed E-state index contributed by atoms with van der Waals surface area (Å²) in [5.74, 6) is -12.3. The first-order valence-electron chi connectivity index (χ1n) is 38.6. The predicted molar refractivity (Wildman–Crippen MR) is 419 cm³/mol. The Morgan fingerprint density at radius 2 is 0.500 bits per heavy atom. The van der Waals surface area contributed by atoms with Crippen molar-refractivity contribution in [3.8, 4) is 0 Å². The number of aromatic nitrogens is 1. The standard InChI is InChI=1S/C73H127N23O16/c1-40(86-68(107)53(90-48(9)97)27-13-19-33-75)60(99)82-44(5)64(103)92-54(28-14-20-34-76)69(108)87-41(2)61(100)84-46(7)66(105)94-57(31-17-23-37-79)72(111)95-56(30-16-22-36-78)71(110)89-43(4)62(101)83-45(6)65(104)93-55(29-15-21-35-77)70(109)88-42(3)63(102)85-47(8)67(106)96-58(38-49-39-81-51-25-11-10-24-50(49)51)73(112)91-52(59(80)98)26-12-18-32-74/h10-11,24-25,39-47,52-58,81H,12-23,26-38,74-79H2,1-9H3,(H2,80,98)(H,82,99)(H,83,101)(H,84,100)(H,85,102)(H,86,107)(H,87,108)(H,88,109)(H,89,110)(H,90,97)(H,91,112)(H,92,103)(H,93,104)(H,94,105)(H,95,111)(H,96,106)/t40-,41-,42-,43-,44-,45-,46-,47-,52-,53-,54-,55-,56-,57-,58-/m0/s1. The number of nitrogens with one attached hydrogen (secondary N) is 16. The van der Waals surface area contributed by atoms with Crippen LogP contribution in [0.15, 0.2) is 30.5 Å². The fourth-order valence-electron chi connectivity index (χ4n) is 11.4. The van der Waals surface area contributed by atoms with Gasteiger partial charge in [-0.15, -0.1) is 0 Å². The molecule has 2 aromatic rings. The molecule has 15 atom stereocenters. The number of para-hydroxylation sites is 1. The van der Waals surface area contributed by atoms with Gasteiger partial charge in [-0.25, -0.2) is 0 Å². The second-order valence-electron chi connectivity index (χ2n) is 28.1. The van der Waals surface area contributed by atoms with E-state index in [2.05, 4.69) is 84.7 Å². The lowest BCUT2D eigenvalue weighted by Crippen LogP contribution is -2.60. The van der Waals surface area contributed by atoms with Crippen LogP contribution in [0, 0.1) is 0 Å². The van der Waals surface area contributed by atoms with Crippen molar-refractivity contribution in [2.45, 2.75) is 275 Å². The number of hydrogen-bond acceptors (Lipinski definition) is 22. The third kappa shape index (κ3) is 36.5. The van der Waals surface area contributed by atoms with Gasteiger partial charge in [0, 0.05) is 30.4 Å². The van der Waals surface area contributed by atoms with Crippen molar-refractivity contribution in [3.63, 3.8) is 0 Å². The van der Waals surface area contributed by atoms with Crippen LogP contribution in [0.5, 0.6) is 0 Å². The minimum atomic E-state index is -1.34. The van der Waals surface area contributed by atoms with Crippen LogP contribution in [0.3, 0.4) is 0 Å². The Bertz CT molecular complexity index is 3420. The second-order valence-corrected chi connectivity index (χ2v) is 28.1. The number of unbranched alkanes of at least 4 members (excludes halogenated alkanes) is 6. The first kappa shape index (κ1) is 98.1. The molecule has 39 nitrogen and oxygen atoms in total. The summed E-state index contributed by atoms with van der Waals surface area (Å²) in [6.45, 7) is 13.7. The molecule has 630 valence electrons. The van der Waals surface area contributed by atoms with Crippen LogP contribution in [0.4, 0.5) is 0 Å². The highest BCUT2D eigenvalue weighted by Crippen LogP contribution is 2.20. The van der Waals surface area contributed by atoms with Crippen LogP contribution >= 0.6 is 0 Å². The van der Waals surface area contributed by atoms with Crippen LogP contribution in [0.1, 0.15) is 183 Å². The third-order valence-corrected chi connectivity index (χ3v) is 18.3. The fraction of sp³-hybridized carbons (Fsp3) is 0.671. The lowest BCUT2D eigenvalue weighted by atomic mass is 10.0. The molecule has 2 rings (SSSR count). The van der Waals surface area contributed by atoms with E-state index < -0.39 is 185 Å². The van der Waals surface area contributed by atoms with Crippen LogP contribution in [-0.4, -0.2) is 229 Å². The first-order chi connectivity index (χ1) is 53.1. The maximum absolute atomic E-state index is 14.2. The molecule has 1 heterocycles. The highest BCUT2D eigenvalue weighted by Gasteiger charge is 2.36. The van der Waals surface area contributed by atoms with Crippen molar-refractivity contribution in [2.75, 3.05) is 39.3 Å². The lowest BCUT2D eigenvalue weighted by molar-refractivity contribution is -0.136. The van der Waals surface area contributed by atoms with E-state index in [9.17, 15) is 76.7 Å². The van der Waals surface area contributed by atoms with Gasteiger partial charge in [0.25, 0.3) is 0 Å². The monoisotopic (exact) mass is 1580 g/mol. The Labute approximate surface area is 654 Å². The van der Waals surface area contributed by atoms with Gasteiger partial charge in [0.05, 0.1) is 0 Å². The van der Waals surface area contributed by atoms with Gasteiger partial charge in [-0.2, -0.15) is 0 Å². The topological polar surface area (TPSA) is 651 Å². The number of primary amides is 1. The van der Waals surface area contributed by atoms with E-state index in [1.807, 2.05) is 24.3 Å². The number of carbonyl (C=O) groups is 16. The Morgan fingerprint density at radius 3 is 0.777 bits per heavy atom. The average Bonchev–Trinajstić information content (AvgIpc) is 1.66. The Balaban J connectivity index is 2.16. The van der Waals surface area contributed by atoms with Gasteiger partial charge in [0.1, 0.15) is 90.6 Å². The van der Waals surface area contributed by atoms with Crippen LogP contribution in [0.2, 0.25) is 0 Å². The van der Waals surface area contributed by atoms with E-state index in [0.717, 1.165) is 10.9 Å². The SMILES string of the molecule is CC(=O)N[C@@H](CCCCN)C(=O)N[C@@H](C)C(=O)N[C@@H](C)C(=O)N[C@@H](CCCCN)C(=O)N[C@@H](C)C(=O)N[C@@H](C)C(=O)N[C@@H](CCCCN)C(=O)N[C@@H](CCCCN)C(=O)N[C@@H](C)C(=O)N[C@@H](C)C(=O)N[C@@H](CCCCN)C(=O)N[C@@H](C)C(=O)N[C@@H](C)C(=O)N[C@@H](Cc1c[nH]c2ccccc12)C(=O)N[C@@H](CCCCN)C(N)=O. The van der Waals surface area contributed by atoms with Crippen molar-refractivity contribution in [1.82, 2.24) is 84.7 Å². The van der Waals surface area contributed by atoms with E-state index in [0.29, 0.717) is 95.7 Å². The highest BCUT2D eigenvalue weighted by atomic mass is 16.2. The zero-order chi connectivity index (χ0) is 84.2. The molecule has 112 heavy (non-hydrogen) atoms. The van der Waals surface area contributed by atoms with Gasteiger partial charge in [-0.1, -0.05) is 18.2 Å². The normalized spacial score (nSPS) is 15.2. The van der Waals surface area contributed by atoms with Crippen molar-refractivity contribution < 1.29 is 76.7 Å². The van der Waals surface area contributed by atoms with Gasteiger partial charge in [-0.05, 0) is 222 Å². The molecule has 0 aliphatic carbocycles. The summed E-state index contributed by atoms with van der Waals surface area (Å²) in [7, 11) is 0. The van der Waals surface area contributed by atoms with Crippen LogP contribution in [0.25, 0.3) is 10.9 Å². The number of rotatable bonds is 56. The van der Waals surface area contributed by atoms with E-state index in [1.165, 1.54) is 62.3 Å². The van der Waals surface area contributed by atoms with Gasteiger partial charge in [0.15, 0.2) is 0 Å². The zero-order valence-electron chi connectivity index (χ0n) is 66.3. The molecule has 0 spiro atoms. The molecule has 1 aromatic heterocycles. The number of H-pyrrole nitrogens is 1. The molecule has 30 N–H and O–H groups in total. The molecule has 1 aromatic carbocycles. The number of benzene rings is 1. The summed E-state index contributed by atoms with van der Waals surface area (Å²) >= 11 is 0. The smallest absolute Gasteiger partial charge is 0.243 e. The van der Waals surface area contributed by atoms with Gasteiger partial charge >= 0.3 is 0 Å². The number of hydrogen-bond donors (Lipinski definition) is 23. The predicted octanol–water partition coefficient (Wildman–Crippen LogP) is -5.58. The van der Waals surface area contributed by atoms with Crippen molar-refractivity contribution in [1.29, 1.82) is 0 Å². The van der Waals surface area contributed by atoms with Gasteiger partial charge < -0.3 is 125 Å². The molecule has 0 aliphatic rings. The molecule has 0 saturated carbocycles. The molecule has 0 aliphatic heterocycles. The van der Waals surface area contributed by atoms with E-state index in [4.69, 9.17) is 40.1 Å². The number of carbonyl (C=O) groups excluding carboxylic acids is 16. The Kier molecular flexibility index (Phi) is 46.5. The van der Waals surface area contributed by atoms with Crippen LogP contribution in [-0.2, 0) is 83.1 Å². The maximum atomic E-state index is 14.2. The summed E-state index contributed by atoms with van der Waals surface area (Å²) in [5, 5.41) is 39.3.